The molecular weight excluding hydrogens is 312 g/mol. The molecule has 0 saturated carbocycles. The molecule has 0 amide bonds. The third kappa shape index (κ3) is 5.20. The molecule has 1 aromatic rings. The molecule has 1 aromatic carbocycles. The monoisotopic (exact) mass is 334 g/mol. The summed E-state index contributed by atoms with van der Waals surface area (Å²) in [5, 5.41) is 13.0. The van der Waals surface area contributed by atoms with Crippen LogP contribution >= 0.6 is 0 Å². The number of hydrogen-bond donors (Lipinski definition) is 2. The summed E-state index contributed by atoms with van der Waals surface area (Å²) in [7, 11) is 2.55. The Labute approximate surface area is 141 Å². The predicted octanol–water partition coefficient (Wildman–Crippen LogP) is 1.99. The second kappa shape index (κ2) is 10.2. The van der Waals surface area contributed by atoms with Crippen molar-refractivity contribution >= 4 is 23.3 Å². The smallest absolute Gasteiger partial charge is 0.354 e. The van der Waals surface area contributed by atoms with Gasteiger partial charge < -0.3 is 14.6 Å². The number of nitrogens with zero attached hydrogens (tertiary/aromatic N) is 1. The van der Waals surface area contributed by atoms with Gasteiger partial charge in [-0.3, -0.25) is 5.43 Å². The van der Waals surface area contributed by atoms with Crippen molar-refractivity contribution in [1.29, 1.82) is 0 Å². The van der Waals surface area contributed by atoms with Crippen LogP contribution in [0.4, 0.5) is 5.69 Å². The number of allylic oxidation sites excluding steroid dienone is 1. The van der Waals surface area contributed by atoms with Crippen molar-refractivity contribution in [3.05, 3.63) is 42.0 Å². The number of anilines is 1. The van der Waals surface area contributed by atoms with Gasteiger partial charge in [-0.25, -0.2) is 9.59 Å². The number of benzene rings is 1. The summed E-state index contributed by atoms with van der Waals surface area (Å²) in [5.41, 5.74) is 3.57. The third-order valence-corrected chi connectivity index (χ3v) is 3.29. The van der Waals surface area contributed by atoms with Crippen LogP contribution in [0, 0.1) is 5.92 Å². The van der Waals surface area contributed by atoms with Crippen molar-refractivity contribution < 1.29 is 24.2 Å². The van der Waals surface area contributed by atoms with Gasteiger partial charge in [0.25, 0.3) is 0 Å². The van der Waals surface area contributed by atoms with E-state index in [0.29, 0.717) is 17.7 Å². The van der Waals surface area contributed by atoms with Gasteiger partial charge in [0, 0.05) is 5.92 Å². The summed E-state index contributed by atoms with van der Waals surface area (Å²) in [6.07, 6.45) is 3.81. The Morgan fingerprint density at radius 1 is 1.29 bits per heavy atom. The van der Waals surface area contributed by atoms with E-state index in [1.807, 2.05) is 6.92 Å². The number of para-hydroxylation sites is 1. The van der Waals surface area contributed by atoms with Crippen molar-refractivity contribution in [2.24, 2.45) is 11.0 Å². The van der Waals surface area contributed by atoms with Crippen LogP contribution < -0.4 is 5.43 Å². The van der Waals surface area contributed by atoms with Gasteiger partial charge >= 0.3 is 11.9 Å². The maximum Gasteiger partial charge on any atom is 0.354 e. The average molecular weight is 334 g/mol. The Balaban J connectivity index is 3.15. The van der Waals surface area contributed by atoms with Crippen LogP contribution in [0.15, 0.2) is 41.5 Å². The lowest BCUT2D eigenvalue weighted by Gasteiger charge is -2.13. The number of aliphatic hydroxyl groups excluding tert-OH is 1. The highest BCUT2D eigenvalue weighted by Gasteiger charge is 2.21. The number of esters is 2. The fourth-order valence-electron chi connectivity index (χ4n) is 2.02. The summed E-state index contributed by atoms with van der Waals surface area (Å²) in [6.45, 7) is 1.75. The molecule has 7 heteroatoms. The summed E-state index contributed by atoms with van der Waals surface area (Å²) in [5.74, 6) is -1.44. The third-order valence-electron chi connectivity index (χ3n) is 3.29. The van der Waals surface area contributed by atoms with E-state index in [9.17, 15) is 9.59 Å². The van der Waals surface area contributed by atoms with Gasteiger partial charge in [0.1, 0.15) is 0 Å². The van der Waals surface area contributed by atoms with Crippen molar-refractivity contribution in [1.82, 2.24) is 0 Å². The van der Waals surface area contributed by atoms with Crippen LogP contribution in [0.25, 0.3) is 0 Å². The zero-order valence-electron chi connectivity index (χ0n) is 14.0. The number of nitrogens with one attached hydrogen (secondary N) is 1. The highest BCUT2D eigenvalue weighted by atomic mass is 16.5. The minimum atomic E-state index is -0.590. The topological polar surface area (TPSA) is 97.2 Å². The van der Waals surface area contributed by atoms with E-state index in [-0.39, 0.29) is 18.2 Å². The summed E-state index contributed by atoms with van der Waals surface area (Å²) < 4.78 is 9.48. The fourth-order valence-corrected chi connectivity index (χ4v) is 2.02. The molecule has 0 fully saturated rings. The first kappa shape index (κ1) is 19.4. The number of aliphatic hydroxyl groups is 1. The lowest BCUT2D eigenvalue weighted by molar-refractivity contribution is -0.133. The summed E-state index contributed by atoms with van der Waals surface area (Å²) in [4.78, 5) is 23.7. The molecule has 2 N–H and O–H groups in total. The predicted molar refractivity (Wildman–Crippen MR) is 90.9 cm³/mol. The molecule has 0 bridgehead atoms. The first-order valence-corrected chi connectivity index (χ1v) is 7.45. The Kier molecular flexibility index (Phi) is 8.21. The van der Waals surface area contributed by atoms with E-state index in [1.165, 1.54) is 20.3 Å². The molecule has 130 valence electrons. The van der Waals surface area contributed by atoms with Gasteiger partial charge in [-0.15, -0.1) is 0 Å². The van der Waals surface area contributed by atoms with Crippen molar-refractivity contribution in [2.75, 3.05) is 26.3 Å². The van der Waals surface area contributed by atoms with Crippen LogP contribution in [0.5, 0.6) is 0 Å². The molecule has 0 spiro atoms. The Morgan fingerprint density at radius 3 is 2.58 bits per heavy atom. The molecule has 1 unspecified atom stereocenters. The van der Waals surface area contributed by atoms with Crippen molar-refractivity contribution in [3.8, 4) is 0 Å². The molecule has 1 rings (SSSR count). The minimum absolute atomic E-state index is 0.135. The second-order valence-electron chi connectivity index (χ2n) is 4.76. The lowest BCUT2D eigenvalue weighted by atomic mass is 10.00. The van der Waals surface area contributed by atoms with E-state index >= 15 is 0 Å². The Morgan fingerprint density at radius 2 is 2.00 bits per heavy atom. The Bertz CT molecular complexity index is 625. The second-order valence-corrected chi connectivity index (χ2v) is 4.76. The maximum atomic E-state index is 12.0. The summed E-state index contributed by atoms with van der Waals surface area (Å²) in [6, 6.07) is 6.66. The van der Waals surface area contributed by atoms with Gasteiger partial charge in [-0.05, 0) is 18.6 Å². The number of hydrogen-bond acceptors (Lipinski definition) is 7. The van der Waals surface area contributed by atoms with E-state index in [1.54, 1.807) is 30.3 Å². The molecule has 0 heterocycles. The number of carbonyl (C=O) groups is 2. The molecule has 0 radical (unpaired) electrons. The number of methoxy groups -OCH3 is 2. The van der Waals surface area contributed by atoms with Gasteiger partial charge in [0.15, 0.2) is 5.71 Å². The molecule has 0 aliphatic rings. The zero-order chi connectivity index (χ0) is 17.9. The van der Waals surface area contributed by atoms with Crippen molar-refractivity contribution in [3.63, 3.8) is 0 Å². The van der Waals surface area contributed by atoms with Crippen molar-refractivity contribution in [2.45, 2.75) is 13.3 Å². The van der Waals surface area contributed by atoms with E-state index in [2.05, 4.69) is 10.5 Å². The molecule has 0 aromatic heterocycles. The molecule has 0 saturated heterocycles. The largest absolute Gasteiger partial charge is 0.465 e. The van der Waals surface area contributed by atoms with E-state index in [4.69, 9.17) is 14.6 Å². The normalized spacial score (nSPS) is 12.8. The van der Waals surface area contributed by atoms with Crippen LogP contribution in [0.1, 0.15) is 23.7 Å². The Hall–Kier alpha value is -2.67. The quantitative estimate of drug-likeness (QED) is 0.327. The van der Waals surface area contributed by atoms with Crippen LogP contribution in [0.2, 0.25) is 0 Å². The molecular formula is C17H22N2O5. The summed E-state index contributed by atoms with van der Waals surface area (Å²) >= 11 is 0. The first-order chi connectivity index (χ1) is 11.6. The lowest BCUT2D eigenvalue weighted by Crippen LogP contribution is -2.25. The number of ether oxygens (including phenoxy) is 2. The van der Waals surface area contributed by atoms with Gasteiger partial charge in [-0.1, -0.05) is 31.2 Å². The molecule has 24 heavy (non-hydrogen) atoms. The van der Waals surface area contributed by atoms with Gasteiger partial charge in [0.05, 0.1) is 32.1 Å². The van der Waals surface area contributed by atoms with Gasteiger partial charge in [0.2, 0.25) is 0 Å². The van der Waals surface area contributed by atoms with E-state index in [0.717, 1.165) is 0 Å². The SMILES string of the molecule is CCC(/C=C/CO)/C(=N/Nc1ccccc1C(=O)OC)C(=O)OC. The highest BCUT2D eigenvalue weighted by molar-refractivity contribution is 6.37. The van der Waals surface area contributed by atoms with Crippen LogP contribution in [-0.2, 0) is 14.3 Å². The average Bonchev–Trinajstić information content (AvgIpc) is 2.63. The number of hydrazone groups is 1. The molecule has 1 atom stereocenters. The van der Waals surface area contributed by atoms with Gasteiger partial charge in [-0.2, -0.15) is 5.10 Å². The zero-order valence-corrected chi connectivity index (χ0v) is 14.0. The van der Waals surface area contributed by atoms with Crippen LogP contribution in [0.3, 0.4) is 0 Å². The standard InChI is InChI=1S/C17H22N2O5/c1-4-12(8-7-11-20)15(17(22)24-3)19-18-14-10-6-5-9-13(14)16(21)23-2/h5-10,12,18,20H,4,11H2,1-3H3/b8-7+,19-15-. The fraction of sp³-hybridized carbons (Fsp3) is 0.353. The van der Waals surface area contributed by atoms with Crippen LogP contribution in [-0.4, -0.2) is 43.6 Å². The molecule has 0 aliphatic heterocycles. The van der Waals surface area contributed by atoms with E-state index < -0.39 is 11.9 Å². The first-order valence-electron chi connectivity index (χ1n) is 7.45. The number of carbonyl (C=O) groups excluding carboxylic acids is 2. The number of rotatable bonds is 8. The molecule has 0 aliphatic carbocycles. The highest BCUT2D eigenvalue weighted by Crippen LogP contribution is 2.17. The maximum absolute atomic E-state index is 12.0. The molecule has 7 nitrogen and oxygen atoms in total. The minimum Gasteiger partial charge on any atom is -0.465 e.